The average Bonchev–Trinajstić information content (AvgIpc) is 2.56. The molecular formula is C19H20N2O2. The van der Waals surface area contributed by atoms with Gasteiger partial charge in [-0.1, -0.05) is 37.3 Å². The molecule has 118 valence electrons. The topological polar surface area (TPSA) is 58.2 Å². The molecule has 0 atom stereocenters. The Balaban J connectivity index is 1.89. The maximum absolute atomic E-state index is 11.9. The summed E-state index contributed by atoms with van der Waals surface area (Å²) in [5.41, 5.74) is 2.37. The van der Waals surface area contributed by atoms with Crippen LogP contribution < -0.4 is 10.6 Å². The van der Waals surface area contributed by atoms with E-state index in [1.165, 1.54) is 6.08 Å². The van der Waals surface area contributed by atoms with E-state index < -0.39 is 0 Å². The van der Waals surface area contributed by atoms with Crippen molar-refractivity contribution in [1.29, 1.82) is 0 Å². The van der Waals surface area contributed by atoms with E-state index in [1.54, 1.807) is 30.3 Å². The van der Waals surface area contributed by atoms with Gasteiger partial charge < -0.3 is 10.6 Å². The molecule has 0 fully saturated rings. The molecule has 2 aromatic carbocycles. The highest BCUT2D eigenvalue weighted by atomic mass is 16.2. The highest BCUT2D eigenvalue weighted by Gasteiger charge is 2.02. The summed E-state index contributed by atoms with van der Waals surface area (Å²) in [4.78, 5) is 23.4. The number of anilines is 2. The molecule has 0 aromatic heterocycles. The monoisotopic (exact) mass is 308 g/mol. The van der Waals surface area contributed by atoms with Crippen molar-refractivity contribution in [3.05, 3.63) is 66.2 Å². The van der Waals surface area contributed by atoms with Crippen LogP contribution in [0, 0.1) is 0 Å². The minimum absolute atomic E-state index is 0.00456. The predicted molar refractivity (Wildman–Crippen MR) is 94.1 cm³/mol. The van der Waals surface area contributed by atoms with Gasteiger partial charge in [0.15, 0.2) is 0 Å². The zero-order valence-electron chi connectivity index (χ0n) is 13.1. The molecule has 2 aromatic rings. The van der Waals surface area contributed by atoms with Crippen LogP contribution in [0.1, 0.15) is 25.3 Å². The SMILES string of the molecule is CCCC(=O)Nc1ccc(NC(=O)C=Cc2ccccc2)cc1. The Hall–Kier alpha value is -2.88. The summed E-state index contributed by atoms with van der Waals surface area (Å²) in [5.74, 6) is -0.202. The van der Waals surface area contributed by atoms with E-state index in [-0.39, 0.29) is 11.8 Å². The number of carbonyl (C=O) groups is 2. The third-order valence-electron chi connectivity index (χ3n) is 3.14. The van der Waals surface area contributed by atoms with Gasteiger partial charge in [-0.25, -0.2) is 0 Å². The Morgan fingerprint density at radius 3 is 2.13 bits per heavy atom. The van der Waals surface area contributed by atoms with Crippen molar-refractivity contribution in [3.8, 4) is 0 Å². The minimum Gasteiger partial charge on any atom is -0.326 e. The molecule has 0 radical (unpaired) electrons. The fourth-order valence-electron chi connectivity index (χ4n) is 2.01. The summed E-state index contributed by atoms with van der Waals surface area (Å²) in [6.45, 7) is 1.96. The first kappa shape index (κ1) is 16.5. The van der Waals surface area contributed by atoms with Gasteiger partial charge in [0.05, 0.1) is 0 Å². The standard InChI is InChI=1S/C19H20N2O2/c1-2-6-18(22)20-16-10-12-17(13-11-16)21-19(23)14-9-15-7-4-3-5-8-15/h3-5,7-14H,2,6H2,1H3,(H,20,22)(H,21,23). The van der Waals surface area contributed by atoms with Gasteiger partial charge in [-0.2, -0.15) is 0 Å². The van der Waals surface area contributed by atoms with Crippen molar-refractivity contribution < 1.29 is 9.59 Å². The summed E-state index contributed by atoms with van der Waals surface area (Å²) in [6, 6.07) is 16.7. The molecule has 0 bridgehead atoms. The van der Waals surface area contributed by atoms with Crippen molar-refractivity contribution in [1.82, 2.24) is 0 Å². The highest BCUT2D eigenvalue weighted by Crippen LogP contribution is 2.14. The zero-order chi connectivity index (χ0) is 16.5. The van der Waals surface area contributed by atoms with Crippen molar-refractivity contribution in [2.45, 2.75) is 19.8 Å². The van der Waals surface area contributed by atoms with E-state index >= 15 is 0 Å². The van der Waals surface area contributed by atoms with Crippen LogP contribution in [0.5, 0.6) is 0 Å². The number of carbonyl (C=O) groups excluding carboxylic acids is 2. The smallest absolute Gasteiger partial charge is 0.248 e. The van der Waals surface area contributed by atoms with Gasteiger partial charge in [0, 0.05) is 23.9 Å². The Kier molecular flexibility index (Phi) is 6.12. The number of hydrogen-bond donors (Lipinski definition) is 2. The Morgan fingerprint density at radius 2 is 1.52 bits per heavy atom. The normalized spacial score (nSPS) is 10.5. The molecule has 0 spiro atoms. The summed E-state index contributed by atoms with van der Waals surface area (Å²) in [7, 11) is 0. The molecule has 2 amide bonds. The molecule has 0 aliphatic carbocycles. The second kappa shape index (κ2) is 8.54. The lowest BCUT2D eigenvalue weighted by Gasteiger charge is -2.06. The van der Waals surface area contributed by atoms with Crippen molar-refractivity contribution in [2.24, 2.45) is 0 Å². The third kappa shape index (κ3) is 5.79. The van der Waals surface area contributed by atoms with E-state index in [2.05, 4.69) is 10.6 Å². The van der Waals surface area contributed by atoms with E-state index in [1.807, 2.05) is 37.3 Å². The summed E-state index contributed by atoms with van der Waals surface area (Å²) in [6.07, 6.45) is 4.57. The molecule has 0 saturated carbocycles. The second-order valence-electron chi connectivity index (χ2n) is 5.11. The first-order valence-corrected chi connectivity index (χ1v) is 7.61. The van der Waals surface area contributed by atoms with Crippen LogP contribution in [-0.4, -0.2) is 11.8 Å². The van der Waals surface area contributed by atoms with Gasteiger partial charge in [0.1, 0.15) is 0 Å². The molecule has 0 aliphatic heterocycles. The van der Waals surface area contributed by atoms with Crippen LogP contribution in [-0.2, 0) is 9.59 Å². The lowest BCUT2D eigenvalue weighted by molar-refractivity contribution is -0.116. The number of benzene rings is 2. The molecule has 0 aliphatic rings. The largest absolute Gasteiger partial charge is 0.326 e. The molecule has 0 heterocycles. The van der Waals surface area contributed by atoms with E-state index in [0.717, 1.165) is 17.7 Å². The first-order valence-electron chi connectivity index (χ1n) is 7.61. The van der Waals surface area contributed by atoms with E-state index in [9.17, 15) is 9.59 Å². The Bertz CT molecular complexity index is 676. The Morgan fingerprint density at radius 1 is 0.913 bits per heavy atom. The van der Waals surface area contributed by atoms with Gasteiger partial charge in [-0.05, 0) is 42.3 Å². The van der Waals surface area contributed by atoms with Gasteiger partial charge in [0.25, 0.3) is 0 Å². The van der Waals surface area contributed by atoms with Gasteiger partial charge in [-0.3, -0.25) is 9.59 Å². The van der Waals surface area contributed by atoms with Crippen molar-refractivity contribution >= 4 is 29.3 Å². The van der Waals surface area contributed by atoms with Crippen LogP contribution >= 0.6 is 0 Å². The average molecular weight is 308 g/mol. The second-order valence-corrected chi connectivity index (χ2v) is 5.11. The molecular weight excluding hydrogens is 288 g/mol. The predicted octanol–water partition coefficient (Wildman–Crippen LogP) is 4.08. The number of nitrogens with one attached hydrogen (secondary N) is 2. The quantitative estimate of drug-likeness (QED) is 0.790. The van der Waals surface area contributed by atoms with Crippen molar-refractivity contribution in [2.75, 3.05) is 10.6 Å². The summed E-state index contributed by atoms with van der Waals surface area (Å²) < 4.78 is 0. The zero-order valence-corrected chi connectivity index (χ0v) is 13.1. The lowest BCUT2D eigenvalue weighted by Crippen LogP contribution is -2.11. The van der Waals surface area contributed by atoms with Gasteiger partial charge in [-0.15, -0.1) is 0 Å². The van der Waals surface area contributed by atoms with E-state index in [4.69, 9.17) is 0 Å². The van der Waals surface area contributed by atoms with Crippen LogP contribution in [0.25, 0.3) is 6.08 Å². The number of rotatable bonds is 6. The summed E-state index contributed by atoms with van der Waals surface area (Å²) in [5, 5.41) is 5.58. The van der Waals surface area contributed by atoms with Crippen LogP contribution in [0.2, 0.25) is 0 Å². The molecule has 2 rings (SSSR count). The third-order valence-corrected chi connectivity index (χ3v) is 3.14. The molecule has 23 heavy (non-hydrogen) atoms. The first-order chi connectivity index (χ1) is 11.2. The van der Waals surface area contributed by atoms with Gasteiger partial charge >= 0.3 is 0 Å². The molecule has 4 nitrogen and oxygen atoms in total. The molecule has 0 saturated heterocycles. The lowest BCUT2D eigenvalue weighted by atomic mass is 10.2. The highest BCUT2D eigenvalue weighted by molar-refractivity contribution is 6.02. The van der Waals surface area contributed by atoms with Crippen LogP contribution in [0.15, 0.2) is 60.7 Å². The fourth-order valence-corrected chi connectivity index (χ4v) is 2.01. The van der Waals surface area contributed by atoms with Gasteiger partial charge in [0.2, 0.25) is 11.8 Å². The number of hydrogen-bond acceptors (Lipinski definition) is 2. The maximum atomic E-state index is 11.9. The van der Waals surface area contributed by atoms with Crippen LogP contribution in [0.3, 0.4) is 0 Å². The minimum atomic E-state index is -0.198. The molecule has 4 heteroatoms. The molecule has 0 unspecified atom stereocenters. The summed E-state index contributed by atoms with van der Waals surface area (Å²) >= 11 is 0. The maximum Gasteiger partial charge on any atom is 0.248 e. The van der Waals surface area contributed by atoms with Crippen LogP contribution in [0.4, 0.5) is 11.4 Å². The van der Waals surface area contributed by atoms with E-state index in [0.29, 0.717) is 12.1 Å². The molecule has 2 N–H and O–H groups in total. The Labute approximate surface area is 136 Å². The van der Waals surface area contributed by atoms with Crippen molar-refractivity contribution in [3.63, 3.8) is 0 Å². The fraction of sp³-hybridized carbons (Fsp3) is 0.158. The number of amides is 2.